The van der Waals surface area contributed by atoms with Crippen molar-refractivity contribution in [1.82, 2.24) is 24.3 Å². The number of fused-ring (bicyclic) bond motifs is 1. The first kappa shape index (κ1) is 29.4. The van der Waals surface area contributed by atoms with Gasteiger partial charge in [-0.15, -0.1) is 0 Å². The van der Waals surface area contributed by atoms with Crippen molar-refractivity contribution in [3.8, 4) is 0 Å². The molecule has 0 radical (unpaired) electrons. The lowest BCUT2D eigenvalue weighted by Gasteiger charge is -2.16. The standard InChI is InChI=1S/C28H32F2N6O5/c1-34(2)25(37)8-4-3-6-20(33-28(40)41)26(38)32-21-7-5-12-35(27(21)39)16-24-31-22-14-18(29)19(30)15-23(22)36(24)13-11-17-9-10-17/h4-5,7-8,12,14-15,17,20,33H,3,6,9-11,13,16H2,1-2H3,(H,32,38)(H,40,41). The molecular weight excluding hydrogens is 538 g/mol. The van der Waals surface area contributed by atoms with Gasteiger partial charge in [0.25, 0.3) is 5.56 Å². The number of rotatable bonds is 12. The minimum absolute atomic E-state index is 0.0212. The van der Waals surface area contributed by atoms with E-state index in [1.54, 1.807) is 24.7 Å². The largest absolute Gasteiger partial charge is 0.465 e. The molecule has 0 aliphatic heterocycles. The molecule has 1 unspecified atom stereocenters. The second kappa shape index (κ2) is 12.7. The molecule has 2 aromatic heterocycles. The number of aryl methyl sites for hydroxylation is 1. The number of allylic oxidation sites excluding steroid dienone is 1. The van der Waals surface area contributed by atoms with E-state index in [0.717, 1.165) is 31.4 Å². The van der Waals surface area contributed by atoms with Crippen LogP contribution in [0.1, 0.15) is 37.9 Å². The van der Waals surface area contributed by atoms with Crippen LogP contribution in [0.15, 0.2) is 47.4 Å². The van der Waals surface area contributed by atoms with E-state index in [4.69, 9.17) is 0 Å². The second-order valence-corrected chi connectivity index (χ2v) is 10.2. The van der Waals surface area contributed by atoms with E-state index in [-0.39, 0.29) is 36.5 Å². The highest BCUT2D eigenvalue weighted by atomic mass is 19.2. The van der Waals surface area contributed by atoms with Gasteiger partial charge in [0.2, 0.25) is 11.8 Å². The number of benzene rings is 1. The molecule has 3 N–H and O–H groups in total. The molecule has 11 nitrogen and oxygen atoms in total. The Kier molecular flexibility index (Phi) is 9.15. The van der Waals surface area contributed by atoms with Gasteiger partial charge in [0, 0.05) is 39.0 Å². The van der Waals surface area contributed by atoms with E-state index in [2.05, 4.69) is 15.6 Å². The number of nitrogens with one attached hydrogen (secondary N) is 2. The zero-order chi connectivity index (χ0) is 29.7. The molecule has 13 heteroatoms. The molecule has 3 aromatic rings. The van der Waals surface area contributed by atoms with Gasteiger partial charge in [0.05, 0.1) is 17.6 Å². The molecule has 0 bridgehead atoms. The summed E-state index contributed by atoms with van der Waals surface area (Å²) in [6, 6.07) is 3.89. The number of anilines is 1. The van der Waals surface area contributed by atoms with Crippen molar-refractivity contribution in [3.63, 3.8) is 0 Å². The summed E-state index contributed by atoms with van der Waals surface area (Å²) in [5.41, 5.74) is 0.0624. The van der Waals surface area contributed by atoms with Crippen molar-refractivity contribution in [2.75, 3.05) is 19.4 Å². The first-order chi connectivity index (χ1) is 19.5. The molecule has 0 spiro atoms. The zero-order valence-electron chi connectivity index (χ0n) is 22.8. The van der Waals surface area contributed by atoms with Gasteiger partial charge in [-0.2, -0.15) is 0 Å². The van der Waals surface area contributed by atoms with Crippen LogP contribution in [0, 0.1) is 17.6 Å². The maximum atomic E-state index is 14.1. The van der Waals surface area contributed by atoms with Gasteiger partial charge in [-0.3, -0.25) is 14.4 Å². The molecular formula is C28H32F2N6O5. The molecule has 3 amide bonds. The number of hydrogen-bond acceptors (Lipinski definition) is 5. The average Bonchev–Trinajstić information content (AvgIpc) is 3.69. The fraction of sp³-hybridized carbons (Fsp3) is 0.393. The molecule has 1 aromatic carbocycles. The SMILES string of the molecule is CN(C)C(=O)C=CCCC(NC(=O)O)C(=O)Nc1cccn(Cc2nc3cc(F)c(F)cc3n2CCC2CC2)c1=O. The third-order valence-corrected chi connectivity index (χ3v) is 6.85. The van der Waals surface area contributed by atoms with Crippen molar-refractivity contribution < 1.29 is 28.3 Å². The van der Waals surface area contributed by atoms with Gasteiger partial charge < -0.3 is 29.8 Å². The predicted molar refractivity (Wildman–Crippen MR) is 147 cm³/mol. The monoisotopic (exact) mass is 570 g/mol. The fourth-order valence-electron chi connectivity index (χ4n) is 4.40. The molecule has 1 aliphatic rings. The van der Waals surface area contributed by atoms with Crippen LogP contribution in [-0.4, -0.2) is 62.2 Å². The highest BCUT2D eigenvalue weighted by molar-refractivity contribution is 5.96. The highest BCUT2D eigenvalue weighted by Crippen LogP contribution is 2.33. The van der Waals surface area contributed by atoms with Gasteiger partial charge in [0.15, 0.2) is 11.6 Å². The molecule has 1 aliphatic carbocycles. The van der Waals surface area contributed by atoms with E-state index in [1.807, 2.05) is 0 Å². The van der Waals surface area contributed by atoms with Crippen LogP contribution in [0.4, 0.5) is 19.3 Å². The molecule has 4 rings (SSSR count). The molecule has 1 atom stereocenters. The van der Waals surface area contributed by atoms with Crippen LogP contribution >= 0.6 is 0 Å². The first-order valence-corrected chi connectivity index (χ1v) is 13.2. The summed E-state index contributed by atoms with van der Waals surface area (Å²) in [6.07, 6.45) is 6.32. The summed E-state index contributed by atoms with van der Waals surface area (Å²) in [4.78, 5) is 55.0. The summed E-state index contributed by atoms with van der Waals surface area (Å²) in [5, 5.41) is 13.8. The highest BCUT2D eigenvalue weighted by Gasteiger charge is 2.24. The van der Waals surface area contributed by atoms with E-state index in [9.17, 15) is 33.1 Å². The summed E-state index contributed by atoms with van der Waals surface area (Å²) in [5.74, 6) is -1.98. The number of pyridine rings is 1. The number of carboxylic acid groups (broad SMARTS) is 1. The fourth-order valence-corrected chi connectivity index (χ4v) is 4.40. The van der Waals surface area contributed by atoms with E-state index < -0.39 is 35.2 Å². The van der Waals surface area contributed by atoms with Crippen LogP contribution in [-0.2, 0) is 22.7 Å². The predicted octanol–water partition coefficient (Wildman–Crippen LogP) is 3.32. The Labute approximate surface area is 234 Å². The minimum Gasteiger partial charge on any atom is -0.465 e. The average molecular weight is 571 g/mol. The van der Waals surface area contributed by atoms with E-state index >= 15 is 0 Å². The van der Waals surface area contributed by atoms with Crippen molar-refractivity contribution in [1.29, 1.82) is 0 Å². The molecule has 0 saturated heterocycles. The lowest BCUT2D eigenvalue weighted by atomic mass is 10.1. The van der Waals surface area contributed by atoms with E-state index in [0.29, 0.717) is 23.8 Å². The lowest BCUT2D eigenvalue weighted by Crippen LogP contribution is -2.44. The molecule has 218 valence electrons. The summed E-state index contributed by atoms with van der Waals surface area (Å²) in [7, 11) is 3.18. The van der Waals surface area contributed by atoms with Crippen LogP contribution in [0.3, 0.4) is 0 Å². The minimum atomic E-state index is -1.41. The number of imidazole rings is 1. The second-order valence-electron chi connectivity index (χ2n) is 10.2. The van der Waals surface area contributed by atoms with Crippen molar-refractivity contribution >= 4 is 34.6 Å². The Balaban J connectivity index is 1.53. The van der Waals surface area contributed by atoms with Crippen molar-refractivity contribution in [2.24, 2.45) is 5.92 Å². The number of likely N-dealkylation sites (N-methyl/N-ethyl adjacent to an activating group) is 1. The van der Waals surface area contributed by atoms with Gasteiger partial charge in [-0.05, 0) is 43.4 Å². The Bertz CT molecular complexity index is 1540. The Morgan fingerprint density at radius 1 is 1.22 bits per heavy atom. The Morgan fingerprint density at radius 3 is 2.63 bits per heavy atom. The Hall–Kier alpha value is -4.55. The van der Waals surface area contributed by atoms with Gasteiger partial charge in [-0.1, -0.05) is 18.9 Å². The number of aromatic nitrogens is 3. The van der Waals surface area contributed by atoms with Crippen LogP contribution in [0.5, 0.6) is 0 Å². The quantitative estimate of drug-likeness (QED) is 0.286. The van der Waals surface area contributed by atoms with Crippen LogP contribution in [0.25, 0.3) is 11.0 Å². The third-order valence-electron chi connectivity index (χ3n) is 6.85. The molecule has 1 fully saturated rings. The number of carbonyl (C=O) groups excluding carboxylic acids is 2. The first-order valence-electron chi connectivity index (χ1n) is 13.2. The normalized spacial score (nSPS) is 13.9. The van der Waals surface area contributed by atoms with Gasteiger partial charge >= 0.3 is 6.09 Å². The topological polar surface area (TPSA) is 139 Å². The third kappa shape index (κ3) is 7.56. The summed E-state index contributed by atoms with van der Waals surface area (Å²) in [6.45, 7) is 0.510. The summed E-state index contributed by atoms with van der Waals surface area (Å²) < 4.78 is 31.1. The van der Waals surface area contributed by atoms with Crippen molar-refractivity contribution in [2.45, 2.75) is 51.2 Å². The van der Waals surface area contributed by atoms with E-state index in [1.165, 1.54) is 33.9 Å². The molecule has 41 heavy (non-hydrogen) atoms. The Morgan fingerprint density at radius 2 is 1.95 bits per heavy atom. The van der Waals surface area contributed by atoms with Crippen LogP contribution in [0.2, 0.25) is 0 Å². The number of halogens is 2. The lowest BCUT2D eigenvalue weighted by molar-refractivity contribution is -0.123. The smallest absolute Gasteiger partial charge is 0.405 e. The van der Waals surface area contributed by atoms with Gasteiger partial charge in [0.1, 0.15) is 17.6 Å². The number of nitrogens with zero attached hydrogens (tertiary/aromatic N) is 4. The number of hydrogen-bond donors (Lipinski definition) is 3. The maximum Gasteiger partial charge on any atom is 0.405 e. The summed E-state index contributed by atoms with van der Waals surface area (Å²) >= 11 is 0. The van der Waals surface area contributed by atoms with Crippen LogP contribution < -0.4 is 16.2 Å². The van der Waals surface area contributed by atoms with Gasteiger partial charge in [-0.25, -0.2) is 18.6 Å². The number of carbonyl (C=O) groups is 3. The van der Waals surface area contributed by atoms with Crippen molar-refractivity contribution in [3.05, 3.63) is 70.4 Å². The maximum absolute atomic E-state index is 14.1. The zero-order valence-corrected chi connectivity index (χ0v) is 22.8. The number of amides is 3. The molecule has 1 saturated carbocycles. The molecule has 2 heterocycles.